The maximum absolute atomic E-state index is 10.8. The normalized spacial score (nSPS) is 10.4. The Morgan fingerprint density at radius 2 is 1.90 bits per heavy atom. The number of halogens is 3. The zero-order valence-corrected chi connectivity index (χ0v) is 12.8. The largest absolute Gasteiger partial charge is 0.477 e. The number of nitro benzene ring substituents is 1. The number of carbonyl (C=O) groups is 1. The molecule has 11 heteroatoms. The van der Waals surface area contributed by atoms with E-state index in [4.69, 9.17) is 44.6 Å². The topological polar surface area (TPSA) is 103 Å². The van der Waals surface area contributed by atoms with Crippen molar-refractivity contribution in [2.45, 2.75) is 0 Å². The van der Waals surface area contributed by atoms with E-state index in [-0.39, 0.29) is 36.7 Å². The van der Waals surface area contributed by atoms with E-state index in [1.54, 1.807) is 0 Å². The van der Waals surface area contributed by atoms with E-state index >= 15 is 0 Å². The fourth-order valence-corrected chi connectivity index (χ4v) is 2.83. The van der Waals surface area contributed by atoms with E-state index < -0.39 is 10.9 Å². The molecule has 0 spiro atoms. The van der Waals surface area contributed by atoms with Gasteiger partial charge in [0, 0.05) is 12.1 Å². The Morgan fingerprint density at radius 1 is 1.33 bits per heavy atom. The van der Waals surface area contributed by atoms with Crippen molar-refractivity contribution < 1.29 is 19.6 Å². The minimum absolute atomic E-state index is 0.0775. The van der Waals surface area contributed by atoms with E-state index in [0.29, 0.717) is 11.3 Å². The second-order valence-electron chi connectivity index (χ2n) is 3.50. The van der Waals surface area contributed by atoms with Crippen molar-refractivity contribution >= 4 is 57.8 Å². The number of non-ortho nitro benzene ring substituents is 1. The van der Waals surface area contributed by atoms with Crippen molar-refractivity contribution in [3.63, 3.8) is 0 Å². The van der Waals surface area contributed by atoms with Crippen molar-refractivity contribution in [1.29, 1.82) is 0 Å². The third-order valence-corrected chi connectivity index (χ3v) is 4.01. The standard InChI is InChI=1S/C10H3Cl3N2O5S/c11-4-1-3(15(18)19)2-5(12)6(4)20-10-14-8(13)7(21-10)9(16)17/h1-2H,(H,16,17). The number of hydrogen-bond donors (Lipinski definition) is 1. The zero-order valence-electron chi connectivity index (χ0n) is 9.67. The quantitative estimate of drug-likeness (QED) is 0.628. The van der Waals surface area contributed by atoms with Crippen LogP contribution in [-0.4, -0.2) is 21.0 Å². The molecule has 110 valence electrons. The fraction of sp³-hybridized carbons (Fsp3) is 0. The van der Waals surface area contributed by atoms with Gasteiger partial charge in [-0.15, -0.1) is 0 Å². The van der Waals surface area contributed by atoms with Crippen molar-refractivity contribution in [3.8, 4) is 10.9 Å². The minimum Gasteiger partial charge on any atom is -0.477 e. The summed E-state index contributed by atoms with van der Waals surface area (Å²) in [6.45, 7) is 0. The number of hydrogen-bond acceptors (Lipinski definition) is 6. The van der Waals surface area contributed by atoms with Crippen molar-refractivity contribution in [1.82, 2.24) is 4.98 Å². The summed E-state index contributed by atoms with van der Waals surface area (Å²) in [5.41, 5.74) is -0.305. The Kier molecular flexibility index (Phi) is 4.52. The van der Waals surface area contributed by atoms with Crippen LogP contribution in [0.1, 0.15) is 9.67 Å². The van der Waals surface area contributed by atoms with Gasteiger partial charge < -0.3 is 9.84 Å². The summed E-state index contributed by atoms with van der Waals surface area (Å²) in [5.74, 6) is -1.33. The molecule has 0 saturated heterocycles. The summed E-state index contributed by atoms with van der Waals surface area (Å²) in [5, 5.41) is 18.9. The molecule has 0 atom stereocenters. The molecule has 1 aromatic carbocycles. The second kappa shape index (κ2) is 6.02. The van der Waals surface area contributed by atoms with E-state index in [2.05, 4.69) is 4.98 Å². The van der Waals surface area contributed by atoms with Crippen LogP contribution in [-0.2, 0) is 0 Å². The highest BCUT2D eigenvalue weighted by atomic mass is 35.5. The molecular weight excluding hydrogens is 367 g/mol. The summed E-state index contributed by atoms with van der Waals surface area (Å²) in [6.07, 6.45) is 0. The molecule has 0 aliphatic heterocycles. The molecule has 2 rings (SSSR count). The molecular formula is C10H3Cl3N2O5S. The molecule has 1 heterocycles. The Bertz CT molecular complexity index is 725. The van der Waals surface area contributed by atoms with Gasteiger partial charge in [0.2, 0.25) is 0 Å². The summed E-state index contributed by atoms with van der Waals surface area (Å²) in [4.78, 5) is 24.3. The average Bonchev–Trinajstić information content (AvgIpc) is 2.74. The second-order valence-corrected chi connectivity index (χ2v) is 5.64. The first-order valence-electron chi connectivity index (χ1n) is 5.00. The van der Waals surface area contributed by atoms with Gasteiger partial charge in [-0.25, -0.2) is 4.79 Å². The molecule has 0 aliphatic carbocycles. The van der Waals surface area contributed by atoms with Crippen LogP contribution in [0.3, 0.4) is 0 Å². The van der Waals surface area contributed by atoms with E-state index in [1.807, 2.05) is 0 Å². The number of ether oxygens (including phenoxy) is 1. The molecule has 1 aromatic heterocycles. The van der Waals surface area contributed by atoms with Crippen LogP contribution in [0, 0.1) is 10.1 Å². The lowest BCUT2D eigenvalue weighted by Crippen LogP contribution is -1.91. The van der Waals surface area contributed by atoms with Crippen LogP contribution in [0.2, 0.25) is 15.2 Å². The number of carboxylic acid groups (broad SMARTS) is 1. The van der Waals surface area contributed by atoms with E-state index in [0.717, 1.165) is 12.1 Å². The third-order valence-electron chi connectivity index (χ3n) is 2.14. The van der Waals surface area contributed by atoms with Gasteiger partial charge >= 0.3 is 5.97 Å². The summed E-state index contributed by atoms with van der Waals surface area (Å²) >= 11 is 18.0. The van der Waals surface area contributed by atoms with Gasteiger partial charge in [0.1, 0.15) is 0 Å². The van der Waals surface area contributed by atoms with Gasteiger partial charge in [-0.1, -0.05) is 46.1 Å². The highest BCUT2D eigenvalue weighted by Crippen LogP contribution is 2.41. The highest BCUT2D eigenvalue weighted by molar-refractivity contribution is 7.15. The molecule has 21 heavy (non-hydrogen) atoms. The monoisotopic (exact) mass is 368 g/mol. The van der Waals surface area contributed by atoms with Crippen LogP contribution in [0.25, 0.3) is 0 Å². The van der Waals surface area contributed by atoms with Crippen LogP contribution < -0.4 is 4.74 Å². The Labute approximate surface area is 135 Å². The number of aromatic nitrogens is 1. The Hall–Kier alpha value is -1.61. The molecule has 0 aliphatic rings. The number of carboxylic acids is 1. The number of aromatic carboxylic acids is 1. The first-order chi connectivity index (χ1) is 9.79. The first kappa shape index (κ1) is 15.8. The predicted molar refractivity (Wildman–Crippen MR) is 77.3 cm³/mol. The van der Waals surface area contributed by atoms with E-state index in [1.165, 1.54) is 0 Å². The molecule has 0 bridgehead atoms. The van der Waals surface area contributed by atoms with Crippen LogP contribution in [0.5, 0.6) is 10.9 Å². The van der Waals surface area contributed by atoms with E-state index in [9.17, 15) is 14.9 Å². The van der Waals surface area contributed by atoms with Crippen LogP contribution >= 0.6 is 46.1 Å². The number of nitro groups is 1. The summed E-state index contributed by atoms with van der Waals surface area (Å²) in [7, 11) is 0. The Morgan fingerprint density at radius 3 is 2.33 bits per heavy atom. The number of nitrogens with zero attached hydrogens (tertiary/aromatic N) is 2. The lowest BCUT2D eigenvalue weighted by molar-refractivity contribution is -0.384. The Balaban J connectivity index is 2.38. The lowest BCUT2D eigenvalue weighted by Gasteiger charge is -2.06. The fourth-order valence-electron chi connectivity index (χ4n) is 1.30. The van der Waals surface area contributed by atoms with Gasteiger partial charge in [-0.2, -0.15) is 4.98 Å². The molecule has 0 radical (unpaired) electrons. The smallest absolute Gasteiger partial charge is 0.349 e. The zero-order chi connectivity index (χ0) is 15.7. The van der Waals surface area contributed by atoms with Gasteiger partial charge in [-0.05, 0) is 0 Å². The molecule has 0 saturated carbocycles. The van der Waals surface area contributed by atoms with Crippen LogP contribution in [0.4, 0.5) is 5.69 Å². The van der Waals surface area contributed by atoms with Crippen molar-refractivity contribution in [3.05, 3.63) is 42.3 Å². The third kappa shape index (κ3) is 3.35. The average molecular weight is 370 g/mol. The van der Waals surface area contributed by atoms with Crippen LogP contribution in [0.15, 0.2) is 12.1 Å². The number of benzene rings is 1. The maximum Gasteiger partial charge on any atom is 0.349 e. The molecule has 0 unspecified atom stereocenters. The SMILES string of the molecule is O=C(O)c1sc(Oc2c(Cl)cc([N+](=O)[O-])cc2Cl)nc1Cl. The molecule has 0 amide bonds. The van der Waals surface area contributed by atoms with Crippen molar-refractivity contribution in [2.75, 3.05) is 0 Å². The molecule has 7 nitrogen and oxygen atoms in total. The number of thiazole rings is 1. The minimum atomic E-state index is -1.26. The van der Waals surface area contributed by atoms with Gasteiger partial charge in [0.05, 0.1) is 15.0 Å². The lowest BCUT2D eigenvalue weighted by atomic mass is 10.3. The van der Waals surface area contributed by atoms with Gasteiger partial charge in [-0.3, -0.25) is 10.1 Å². The first-order valence-corrected chi connectivity index (χ1v) is 6.95. The van der Waals surface area contributed by atoms with Gasteiger partial charge in [0.15, 0.2) is 15.8 Å². The summed E-state index contributed by atoms with van der Waals surface area (Å²) in [6, 6.07) is 2.10. The predicted octanol–water partition coefficient (Wildman–Crippen LogP) is 4.50. The molecule has 1 N–H and O–H groups in total. The maximum atomic E-state index is 10.8. The van der Waals surface area contributed by atoms with Crippen molar-refractivity contribution in [2.24, 2.45) is 0 Å². The van der Waals surface area contributed by atoms with Gasteiger partial charge in [0.25, 0.3) is 10.9 Å². The summed E-state index contributed by atoms with van der Waals surface area (Å²) < 4.78 is 5.26. The highest BCUT2D eigenvalue weighted by Gasteiger charge is 2.21. The molecule has 2 aromatic rings. The number of rotatable bonds is 4. The molecule has 0 fully saturated rings.